The minimum absolute atomic E-state index is 0.123. The lowest BCUT2D eigenvalue weighted by Gasteiger charge is -2.12. The quantitative estimate of drug-likeness (QED) is 0.839. The highest BCUT2D eigenvalue weighted by atomic mass is 79.9. The third kappa shape index (κ3) is 3.13. The van der Waals surface area contributed by atoms with Gasteiger partial charge in [0.25, 0.3) is 0 Å². The first-order valence-electron chi connectivity index (χ1n) is 5.68. The molecule has 0 unspecified atom stereocenters. The van der Waals surface area contributed by atoms with Crippen LogP contribution in [0.1, 0.15) is 0 Å². The molecule has 0 radical (unpaired) electrons. The molecule has 19 heavy (non-hydrogen) atoms. The maximum atomic E-state index is 11.4. The minimum Gasteiger partial charge on any atom is -0.336 e. The Labute approximate surface area is 123 Å². The summed E-state index contributed by atoms with van der Waals surface area (Å²) >= 11 is 8.62. The lowest BCUT2D eigenvalue weighted by Crippen LogP contribution is -2.36. The molecule has 0 spiro atoms. The first-order valence-corrected chi connectivity index (χ1v) is 6.88. The van der Waals surface area contributed by atoms with Crippen LogP contribution in [0.3, 0.4) is 0 Å². The van der Waals surface area contributed by atoms with Crippen LogP contribution in [0, 0.1) is 4.77 Å². The molecular formula is C11H14BrN5OS. The number of imidazole rings is 1. The average Bonchev–Trinajstić information content (AvgIpc) is 2.64. The Morgan fingerprint density at radius 2 is 2.37 bits per heavy atom. The van der Waals surface area contributed by atoms with E-state index in [0.29, 0.717) is 17.9 Å². The number of halogens is 1. The van der Waals surface area contributed by atoms with Gasteiger partial charge in [0, 0.05) is 37.9 Å². The molecule has 2 rings (SSSR count). The van der Waals surface area contributed by atoms with Gasteiger partial charge in [-0.25, -0.2) is 9.78 Å². The van der Waals surface area contributed by atoms with Crippen molar-refractivity contribution >= 4 is 45.3 Å². The second-order valence-corrected chi connectivity index (χ2v) is 5.54. The fraction of sp³-hybridized carbons (Fsp3) is 0.364. The number of hydrogen-bond acceptors (Lipinski definition) is 3. The third-order valence-electron chi connectivity index (χ3n) is 2.59. The van der Waals surface area contributed by atoms with Crippen molar-refractivity contribution in [3.63, 3.8) is 0 Å². The molecule has 0 bridgehead atoms. The van der Waals surface area contributed by atoms with Crippen LogP contribution in [0.4, 0.5) is 4.79 Å². The molecule has 8 heteroatoms. The molecule has 2 aromatic rings. The second kappa shape index (κ2) is 5.70. The molecule has 0 aliphatic rings. The number of aromatic nitrogens is 3. The van der Waals surface area contributed by atoms with Gasteiger partial charge in [0.15, 0.2) is 10.4 Å². The number of nitrogens with one attached hydrogen (secondary N) is 2. The van der Waals surface area contributed by atoms with Crippen molar-refractivity contribution in [2.24, 2.45) is 0 Å². The summed E-state index contributed by atoms with van der Waals surface area (Å²) in [5.74, 6) is 0. The Morgan fingerprint density at radius 1 is 1.63 bits per heavy atom. The van der Waals surface area contributed by atoms with E-state index < -0.39 is 0 Å². The zero-order valence-electron chi connectivity index (χ0n) is 10.6. The maximum Gasteiger partial charge on any atom is 0.316 e. The van der Waals surface area contributed by atoms with Crippen LogP contribution in [0.25, 0.3) is 11.2 Å². The highest BCUT2D eigenvalue weighted by Crippen LogP contribution is 2.16. The van der Waals surface area contributed by atoms with Crippen molar-refractivity contribution in [2.45, 2.75) is 6.54 Å². The van der Waals surface area contributed by atoms with E-state index >= 15 is 0 Å². The van der Waals surface area contributed by atoms with Crippen molar-refractivity contribution in [2.75, 3.05) is 20.6 Å². The number of hydrogen-bond donors (Lipinski definition) is 2. The number of aromatic amines is 1. The van der Waals surface area contributed by atoms with Crippen LogP contribution in [-0.2, 0) is 6.54 Å². The summed E-state index contributed by atoms with van der Waals surface area (Å²) in [5, 5.41) is 2.79. The van der Waals surface area contributed by atoms with Gasteiger partial charge in [-0.15, -0.1) is 0 Å². The number of nitrogens with zero attached hydrogens (tertiary/aromatic N) is 3. The molecule has 2 heterocycles. The molecule has 0 saturated carbocycles. The number of pyridine rings is 1. The summed E-state index contributed by atoms with van der Waals surface area (Å²) in [4.78, 5) is 20.3. The number of rotatable bonds is 3. The lowest BCUT2D eigenvalue weighted by molar-refractivity contribution is 0.217. The highest BCUT2D eigenvalue weighted by molar-refractivity contribution is 9.10. The Bertz CT molecular complexity index is 663. The van der Waals surface area contributed by atoms with E-state index in [-0.39, 0.29) is 6.03 Å². The molecule has 6 nitrogen and oxygen atoms in total. The smallest absolute Gasteiger partial charge is 0.316 e. The molecule has 2 N–H and O–H groups in total. The summed E-state index contributed by atoms with van der Waals surface area (Å²) < 4.78 is 3.36. The number of H-pyrrole nitrogens is 1. The van der Waals surface area contributed by atoms with Crippen molar-refractivity contribution in [3.05, 3.63) is 21.5 Å². The molecule has 102 valence electrons. The fourth-order valence-corrected chi connectivity index (χ4v) is 2.28. The van der Waals surface area contributed by atoms with Gasteiger partial charge in [-0.05, 0) is 34.2 Å². The number of amides is 2. The van der Waals surface area contributed by atoms with Gasteiger partial charge >= 0.3 is 6.03 Å². The molecule has 0 fully saturated rings. The van der Waals surface area contributed by atoms with Gasteiger partial charge in [0.1, 0.15) is 0 Å². The van der Waals surface area contributed by atoms with Crippen LogP contribution in [0.15, 0.2) is 16.7 Å². The summed E-state index contributed by atoms with van der Waals surface area (Å²) in [6.45, 7) is 1.07. The Balaban J connectivity index is 2.15. The van der Waals surface area contributed by atoms with Gasteiger partial charge in [0.2, 0.25) is 0 Å². The second-order valence-electron chi connectivity index (χ2n) is 4.23. The zero-order valence-corrected chi connectivity index (χ0v) is 13.0. The SMILES string of the molecule is CN(C)C(=O)NCCn1c(=S)[nH]c2cc(Br)cnc21. The first-order chi connectivity index (χ1) is 8.99. The minimum atomic E-state index is -0.123. The summed E-state index contributed by atoms with van der Waals surface area (Å²) in [6.07, 6.45) is 1.72. The third-order valence-corrected chi connectivity index (χ3v) is 3.35. The van der Waals surface area contributed by atoms with Gasteiger partial charge in [-0.2, -0.15) is 0 Å². The van der Waals surface area contributed by atoms with Crippen molar-refractivity contribution in [3.8, 4) is 0 Å². The van der Waals surface area contributed by atoms with E-state index in [2.05, 4.69) is 31.2 Å². The zero-order chi connectivity index (χ0) is 14.0. The molecule has 0 saturated heterocycles. The summed E-state index contributed by atoms with van der Waals surface area (Å²) in [7, 11) is 3.40. The van der Waals surface area contributed by atoms with E-state index in [1.807, 2.05) is 10.6 Å². The molecule has 0 atom stereocenters. The molecule has 0 aliphatic heterocycles. The van der Waals surface area contributed by atoms with E-state index in [1.165, 1.54) is 4.90 Å². The molecule has 0 aliphatic carbocycles. The topological polar surface area (TPSA) is 66.0 Å². The number of carbonyl (C=O) groups excluding carboxylic acids is 1. The monoisotopic (exact) mass is 343 g/mol. The number of carbonyl (C=O) groups is 1. The van der Waals surface area contributed by atoms with Crippen molar-refractivity contribution < 1.29 is 4.79 Å². The predicted molar refractivity (Wildman–Crippen MR) is 79.7 cm³/mol. The van der Waals surface area contributed by atoms with Gasteiger partial charge in [-0.1, -0.05) is 0 Å². The molecule has 0 aromatic carbocycles. The van der Waals surface area contributed by atoms with Crippen molar-refractivity contribution in [1.29, 1.82) is 0 Å². The van der Waals surface area contributed by atoms with Gasteiger partial charge in [-0.3, -0.25) is 4.57 Å². The predicted octanol–water partition coefficient (Wildman–Crippen LogP) is 2.13. The maximum absolute atomic E-state index is 11.4. The fourth-order valence-electron chi connectivity index (χ4n) is 1.66. The lowest BCUT2D eigenvalue weighted by atomic mass is 10.4. The van der Waals surface area contributed by atoms with Crippen LogP contribution in [-0.4, -0.2) is 46.1 Å². The van der Waals surface area contributed by atoms with Gasteiger partial charge < -0.3 is 15.2 Å². The van der Waals surface area contributed by atoms with E-state index in [4.69, 9.17) is 12.2 Å². The normalized spacial score (nSPS) is 10.7. The average molecular weight is 344 g/mol. The summed E-state index contributed by atoms with van der Waals surface area (Å²) in [5.41, 5.74) is 1.66. The summed E-state index contributed by atoms with van der Waals surface area (Å²) in [6, 6.07) is 1.80. The number of fused-ring (bicyclic) bond motifs is 1. The van der Waals surface area contributed by atoms with Crippen LogP contribution in [0.2, 0.25) is 0 Å². The largest absolute Gasteiger partial charge is 0.336 e. The standard InChI is InChI=1S/C11H14BrN5OS/c1-16(2)10(18)13-3-4-17-9-8(15-11(17)19)5-7(12)6-14-9/h5-6H,3-4H2,1-2H3,(H,13,18)(H,15,19). The van der Waals surface area contributed by atoms with Crippen LogP contribution >= 0.6 is 28.1 Å². The Morgan fingerprint density at radius 3 is 3.05 bits per heavy atom. The Kier molecular flexibility index (Phi) is 4.20. The van der Waals surface area contributed by atoms with E-state index in [1.54, 1.807) is 20.3 Å². The van der Waals surface area contributed by atoms with Crippen LogP contribution < -0.4 is 5.32 Å². The highest BCUT2D eigenvalue weighted by Gasteiger charge is 2.07. The van der Waals surface area contributed by atoms with Crippen LogP contribution in [0.5, 0.6) is 0 Å². The number of urea groups is 1. The molecule has 2 amide bonds. The first kappa shape index (κ1) is 14.0. The van der Waals surface area contributed by atoms with E-state index in [9.17, 15) is 4.79 Å². The molecule has 2 aromatic heterocycles. The molecular weight excluding hydrogens is 330 g/mol. The van der Waals surface area contributed by atoms with E-state index in [0.717, 1.165) is 15.6 Å². The van der Waals surface area contributed by atoms with Crippen molar-refractivity contribution in [1.82, 2.24) is 24.8 Å². The Hall–Kier alpha value is -1.41. The van der Waals surface area contributed by atoms with Gasteiger partial charge in [0.05, 0.1) is 5.52 Å².